The van der Waals surface area contributed by atoms with Gasteiger partial charge in [-0.15, -0.1) is 0 Å². The Labute approximate surface area is 124 Å². The van der Waals surface area contributed by atoms with Crippen LogP contribution < -0.4 is 10.6 Å². The molecule has 0 N–H and O–H groups in total. The van der Waals surface area contributed by atoms with Gasteiger partial charge in [0.15, 0.2) is 0 Å². The van der Waals surface area contributed by atoms with Crippen LogP contribution in [0.15, 0.2) is 48.5 Å². The summed E-state index contributed by atoms with van der Waals surface area (Å²) in [5.41, 5.74) is 2.67. The van der Waals surface area contributed by atoms with Crippen molar-refractivity contribution >= 4 is 25.8 Å². The summed E-state index contributed by atoms with van der Waals surface area (Å²) in [4.78, 5) is 0. The molecule has 2 aromatic rings. The molecular formula is C15H18BF4P. The second-order valence-corrected chi connectivity index (χ2v) is 7.26. The van der Waals surface area contributed by atoms with E-state index in [0.717, 1.165) is 0 Å². The number of halogens is 4. The van der Waals surface area contributed by atoms with E-state index in [-0.39, 0.29) is 0 Å². The molecule has 0 aliphatic rings. The van der Waals surface area contributed by atoms with Crippen molar-refractivity contribution in [3.8, 4) is 0 Å². The lowest BCUT2D eigenvalue weighted by atomic mass is 10.2. The van der Waals surface area contributed by atoms with Crippen LogP contribution in [0.1, 0.15) is 11.1 Å². The molecule has 0 fully saturated rings. The van der Waals surface area contributed by atoms with Crippen molar-refractivity contribution < 1.29 is 17.3 Å². The third kappa shape index (κ3) is 7.28. The average Bonchev–Trinajstić information content (AvgIpc) is 2.38. The van der Waals surface area contributed by atoms with Gasteiger partial charge in [-0.3, -0.25) is 0 Å². The van der Waals surface area contributed by atoms with Gasteiger partial charge in [0.05, 0.1) is 25.2 Å². The van der Waals surface area contributed by atoms with Crippen LogP contribution in [0.25, 0.3) is 0 Å². The molecule has 21 heavy (non-hydrogen) atoms. The lowest BCUT2D eigenvalue weighted by Crippen LogP contribution is -2.10. The summed E-state index contributed by atoms with van der Waals surface area (Å²) in [6.45, 7) is 6.63. The van der Waals surface area contributed by atoms with Gasteiger partial charge in [0.25, 0.3) is 0 Å². The van der Waals surface area contributed by atoms with Gasteiger partial charge in [-0.2, -0.15) is 0 Å². The molecule has 0 unspecified atom stereocenters. The Morgan fingerprint density at radius 2 is 0.905 bits per heavy atom. The minimum Gasteiger partial charge on any atom is -0.418 e. The summed E-state index contributed by atoms with van der Waals surface area (Å²) in [7, 11) is -6.58. The first-order valence-corrected chi connectivity index (χ1v) is 8.52. The molecule has 0 aliphatic heterocycles. The quantitative estimate of drug-likeness (QED) is 0.438. The monoisotopic (exact) mass is 316 g/mol. The third-order valence-corrected chi connectivity index (χ3v) is 5.37. The second-order valence-electron chi connectivity index (χ2n) is 4.85. The van der Waals surface area contributed by atoms with E-state index >= 15 is 0 Å². The fourth-order valence-electron chi connectivity index (χ4n) is 1.77. The van der Waals surface area contributed by atoms with Crippen LogP contribution in [0, 0.1) is 13.8 Å². The fourth-order valence-corrected chi connectivity index (χ4v) is 3.44. The SMILES string of the molecule is Cc1ccc([PH+](C)c2ccc(C)cc2)cc1.F[B-](F)(F)F. The van der Waals surface area contributed by atoms with Gasteiger partial charge in [0.2, 0.25) is 0 Å². The molecule has 0 saturated heterocycles. The van der Waals surface area contributed by atoms with E-state index in [4.69, 9.17) is 0 Å². The Hall–Kier alpha value is -1.35. The van der Waals surface area contributed by atoms with Gasteiger partial charge in [-0.25, -0.2) is 0 Å². The highest BCUT2D eigenvalue weighted by Crippen LogP contribution is 2.28. The Morgan fingerprint density at radius 3 is 1.14 bits per heavy atom. The summed E-state index contributed by atoms with van der Waals surface area (Å²) in [6.07, 6.45) is 0. The Morgan fingerprint density at radius 1 is 0.667 bits per heavy atom. The summed E-state index contributed by atoms with van der Waals surface area (Å²) >= 11 is 0. The zero-order valence-corrected chi connectivity index (χ0v) is 13.2. The average molecular weight is 316 g/mol. The molecular weight excluding hydrogens is 298 g/mol. The van der Waals surface area contributed by atoms with Crippen molar-refractivity contribution in [3.63, 3.8) is 0 Å². The summed E-state index contributed by atoms with van der Waals surface area (Å²) in [5, 5.41) is 2.97. The lowest BCUT2D eigenvalue weighted by molar-refractivity contribution is 0.368. The van der Waals surface area contributed by atoms with E-state index < -0.39 is 15.2 Å². The van der Waals surface area contributed by atoms with E-state index in [1.807, 2.05) is 0 Å². The molecule has 2 aromatic carbocycles. The molecule has 0 saturated carbocycles. The molecule has 6 heteroatoms. The minimum absolute atomic E-state index is 0.578. The van der Waals surface area contributed by atoms with Crippen molar-refractivity contribution in [1.82, 2.24) is 0 Å². The molecule has 0 heterocycles. The Bertz CT molecular complexity index is 498. The predicted octanol–water partition coefficient (Wildman–Crippen LogP) is 4.40. The van der Waals surface area contributed by atoms with E-state index in [2.05, 4.69) is 69.0 Å². The zero-order chi connectivity index (χ0) is 16.0. The molecule has 0 spiro atoms. The number of benzene rings is 2. The smallest absolute Gasteiger partial charge is 0.418 e. The Balaban J connectivity index is 0.000000383. The van der Waals surface area contributed by atoms with Crippen LogP contribution >= 0.6 is 7.92 Å². The lowest BCUT2D eigenvalue weighted by Gasteiger charge is -2.05. The molecule has 2 rings (SSSR count). The van der Waals surface area contributed by atoms with Crippen molar-refractivity contribution in [2.24, 2.45) is 0 Å². The molecule has 0 atom stereocenters. The van der Waals surface area contributed by atoms with Gasteiger partial charge >= 0.3 is 7.25 Å². The first-order chi connectivity index (χ1) is 9.66. The highest BCUT2D eigenvalue weighted by molar-refractivity contribution is 7.72. The maximum Gasteiger partial charge on any atom is 0.673 e. The van der Waals surface area contributed by atoms with Gasteiger partial charge < -0.3 is 17.3 Å². The molecule has 0 aliphatic carbocycles. The zero-order valence-electron chi connectivity index (χ0n) is 12.2. The Kier molecular flexibility index (Phi) is 6.41. The largest absolute Gasteiger partial charge is 0.673 e. The second kappa shape index (κ2) is 7.60. The minimum atomic E-state index is -6.00. The molecule has 0 aromatic heterocycles. The number of aryl methyl sites for hydroxylation is 2. The topological polar surface area (TPSA) is 0 Å². The summed E-state index contributed by atoms with van der Waals surface area (Å²) in [5.74, 6) is 0. The predicted molar refractivity (Wildman–Crippen MR) is 86.1 cm³/mol. The van der Waals surface area contributed by atoms with Crippen LogP contribution in [-0.4, -0.2) is 13.9 Å². The van der Waals surface area contributed by atoms with E-state index in [1.165, 1.54) is 21.7 Å². The van der Waals surface area contributed by atoms with Gasteiger partial charge in [-0.05, 0) is 38.1 Å². The summed E-state index contributed by atoms with van der Waals surface area (Å²) in [6, 6.07) is 17.9. The highest BCUT2D eigenvalue weighted by Gasteiger charge is 2.20. The molecule has 0 nitrogen and oxygen atoms in total. The number of rotatable bonds is 2. The van der Waals surface area contributed by atoms with E-state index in [1.54, 1.807) is 0 Å². The van der Waals surface area contributed by atoms with Crippen LogP contribution in [0.3, 0.4) is 0 Å². The standard InChI is InChI=1S/C15H17P.BF4/c1-12-4-8-14(9-5-12)16(3)15-10-6-13(2)7-11-15;2-1(3,4)5/h4-11H,1-3H3;/q;-1/p+1. The number of hydrogen-bond donors (Lipinski definition) is 0. The fraction of sp³-hybridized carbons (Fsp3) is 0.200. The van der Waals surface area contributed by atoms with Gasteiger partial charge in [0.1, 0.15) is 0 Å². The first-order valence-electron chi connectivity index (χ1n) is 6.52. The highest BCUT2D eigenvalue weighted by atomic mass is 31.1. The molecule has 114 valence electrons. The van der Waals surface area contributed by atoms with Crippen LogP contribution in [0.5, 0.6) is 0 Å². The third-order valence-electron chi connectivity index (χ3n) is 2.97. The van der Waals surface area contributed by atoms with E-state index in [0.29, 0.717) is 0 Å². The van der Waals surface area contributed by atoms with Crippen molar-refractivity contribution in [1.29, 1.82) is 0 Å². The van der Waals surface area contributed by atoms with E-state index in [9.17, 15) is 17.3 Å². The van der Waals surface area contributed by atoms with Crippen LogP contribution in [-0.2, 0) is 0 Å². The van der Waals surface area contributed by atoms with Gasteiger partial charge in [-0.1, -0.05) is 35.4 Å². The van der Waals surface area contributed by atoms with Crippen LogP contribution in [0.2, 0.25) is 0 Å². The van der Waals surface area contributed by atoms with Crippen molar-refractivity contribution in [2.45, 2.75) is 13.8 Å². The van der Waals surface area contributed by atoms with Gasteiger partial charge in [0, 0.05) is 0 Å². The maximum absolute atomic E-state index is 9.75. The van der Waals surface area contributed by atoms with Crippen molar-refractivity contribution in [3.05, 3.63) is 59.7 Å². The number of hydrogen-bond acceptors (Lipinski definition) is 0. The van der Waals surface area contributed by atoms with Crippen LogP contribution in [0.4, 0.5) is 17.3 Å². The maximum atomic E-state index is 9.75. The molecule has 0 amide bonds. The first kappa shape index (κ1) is 17.7. The summed E-state index contributed by atoms with van der Waals surface area (Å²) < 4.78 is 39.0. The molecule has 0 radical (unpaired) electrons. The molecule has 0 bridgehead atoms. The van der Waals surface area contributed by atoms with Crippen molar-refractivity contribution in [2.75, 3.05) is 6.66 Å². The normalized spacial score (nSPS) is 11.0.